The van der Waals surface area contributed by atoms with Gasteiger partial charge in [0.2, 0.25) is 0 Å². The number of halogens is 1. The largest absolute Gasteiger partial charge is 0.356 e. The van der Waals surface area contributed by atoms with Gasteiger partial charge in [0.25, 0.3) is 0 Å². The first-order valence-electron chi connectivity index (χ1n) is 5.41. The molecule has 0 aliphatic rings. The van der Waals surface area contributed by atoms with Gasteiger partial charge >= 0.3 is 0 Å². The molecule has 0 N–H and O–H groups in total. The van der Waals surface area contributed by atoms with Crippen LogP contribution in [0.5, 0.6) is 0 Å². The van der Waals surface area contributed by atoms with Crippen LogP contribution in [-0.4, -0.2) is 5.16 Å². The third-order valence-corrected chi connectivity index (χ3v) is 2.96. The van der Waals surface area contributed by atoms with Gasteiger partial charge in [-0.1, -0.05) is 47.1 Å². The predicted molar refractivity (Wildman–Crippen MR) is 68.3 cm³/mol. The highest BCUT2D eigenvalue weighted by atomic mass is 35.5. The van der Waals surface area contributed by atoms with Gasteiger partial charge in [-0.05, 0) is 23.8 Å². The molecular formula is C14H10ClNO. The van der Waals surface area contributed by atoms with Crippen LogP contribution in [0.3, 0.4) is 0 Å². The van der Waals surface area contributed by atoms with Crippen LogP contribution in [0.25, 0.3) is 11.0 Å². The summed E-state index contributed by atoms with van der Waals surface area (Å²) in [4.78, 5) is 0. The number of rotatable bonds is 2. The lowest BCUT2D eigenvalue weighted by atomic mass is 10.1. The number of benzene rings is 2. The van der Waals surface area contributed by atoms with Crippen LogP contribution in [-0.2, 0) is 6.42 Å². The van der Waals surface area contributed by atoms with E-state index in [0.29, 0.717) is 5.02 Å². The van der Waals surface area contributed by atoms with Crippen LogP contribution < -0.4 is 0 Å². The van der Waals surface area contributed by atoms with Crippen molar-refractivity contribution >= 4 is 22.6 Å². The zero-order valence-corrected chi connectivity index (χ0v) is 9.82. The quantitative estimate of drug-likeness (QED) is 0.678. The van der Waals surface area contributed by atoms with Crippen molar-refractivity contribution in [2.24, 2.45) is 0 Å². The van der Waals surface area contributed by atoms with Gasteiger partial charge in [0.15, 0.2) is 5.58 Å². The highest BCUT2D eigenvalue weighted by Gasteiger charge is 2.08. The molecule has 0 atom stereocenters. The topological polar surface area (TPSA) is 26.0 Å². The van der Waals surface area contributed by atoms with Gasteiger partial charge < -0.3 is 4.52 Å². The first-order chi connectivity index (χ1) is 8.33. The molecule has 3 aromatic rings. The van der Waals surface area contributed by atoms with E-state index in [4.69, 9.17) is 16.1 Å². The van der Waals surface area contributed by atoms with Crippen molar-refractivity contribution in [1.82, 2.24) is 5.16 Å². The number of fused-ring (bicyclic) bond motifs is 1. The first-order valence-corrected chi connectivity index (χ1v) is 5.78. The van der Waals surface area contributed by atoms with Crippen LogP contribution in [0, 0.1) is 0 Å². The molecule has 84 valence electrons. The molecule has 0 bridgehead atoms. The lowest BCUT2D eigenvalue weighted by molar-refractivity contribution is 0.448. The van der Waals surface area contributed by atoms with Crippen molar-refractivity contribution < 1.29 is 4.52 Å². The van der Waals surface area contributed by atoms with E-state index in [0.717, 1.165) is 23.1 Å². The summed E-state index contributed by atoms with van der Waals surface area (Å²) in [6.45, 7) is 0. The average Bonchev–Trinajstić information content (AvgIpc) is 2.73. The molecule has 3 rings (SSSR count). The summed E-state index contributed by atoms with van der Waals surface area (Å²) in [7, 11) is 0. The van der Waals surface area contributed by atoms with Gasteiger partial charge in [-0.2, -0.15) is 0 Å². The summed E-state index contributed by atoms with van der Waals surface area (Å²) in [5.74, 6) is 0. The Morgan fingerprint density at radius 3 is 2.71 bits per heavy atom. The molecule has 2 aromatic carbocycles. The van der Waals surface area contributed by atoms with E-state index in [2.05, 4.69) is 17.3 Å². The number of aromatic nitrogens is 1. The zero-order chi connectivity index (χ0) is 11.7. The van der Waals surface area contributed by atoms with Crippen LogP contribution in [0.1, 0.15) is 11.3 Å². The lowest BCUT2D eigenvalue weighted by Crippen LogP contribution is -1.88. The molecule has 17 heavy (non-hydrogen) atoms. The van der Waals surface area contributed by atoms with E-state index in [1.165, 1.54) is 5.56 Å². The summed E-state index contributed by atoms with van der Waals surface area (Å²) in [6.07, 6.45) is 0.758. The Hall–Kier alpha value is -1.80. The second-order valence-electron chi connectivity index (χ2n) is 3.93. The van der Waals surface area contributed by atoms with Crippen molar-refractivity contribution in [2.45, 2.75) is 6.42 Å². The molecule has 1 aromatic heterocycles. The van der Waals surface area contributed by atoms with E-state index in [1.54, 1.807) is 6.07 Å². The second kappa shape index (κ2) is 4.22. The van der Waals surface area contributed by atoms with Crippen molar-refractivity contribution in [2.75, 3.05) is 0 Å². The Morgan fingerprint density at radius 2 is 1.88 bits per heavy atom. The van der Waals surface area contributed by atoms with Gasteiger partial charge in [-0.3, -0.25) is 0 Å². The summed E-state index contributed by atoms with van der Waals surface area (Å²) < 4.78 is 5.27. The molecule has 0 unspecified atom stereocenters. The molecule has 0 spiro atoms. The molecule has 0 saturated heterocycles. The normalized spacial score (nSPS) is 10.9. The molecular weight excluding hydrogens is 234 g/mol. The average molecular weight is 244 g/mol. The SMILES string of the molecule is Clc1ccc2onc(Cc3ccccc3)c2c1. The van der Waals surface area contributed by atoms with Gasteiger partial charge in [0.1, 0.15) is 0 Å². The van der Waals surface area contributed by atoms with Gasteiger partial charge in [-0.15, -0.1) is 0 Å². The Labute approximate surface area is 104 Å². The van der Waals surface area contributed by atoms with Gasteiger partial charge in [0, 0.05) is 16.8 Å². The highest BCUT2D eigenvalue weighted by molar-refractivity contribution is 6.31. The van der Waals surface area contributed by atoms with Crippen LogP contribution in [0.15, 0.2) is 53.1 Å². The van der Waals surface area contributed by atoms with E-state index < -0.39 is 0 Å². The van der Waals surface area contributed by atoms with Crippen molar-refractivity contribution in [3.8, 4) is 0 Å². The Morgan fingerprint density at radius 1 is 1.06 bits per heavy atom. The van der Waals surface area contributed by atoms with Gasteiger partial charge in [-0.25, -0.2) is 0 Å². The third kappa shape index (κ3) is 2.04. The molecule has 3 heteroatoms. The van der Waals surface area contributed by atoms with Crippen LogP contribution >= 0.6 is 11.6 Å². The maximum atomic E-state index is 5.98. The third-order valence-electron chi connectivity index (χ3n) is 2.72. The second-order valence-corrected chi connectivity index (χ2v) is 4.37. The van der Waals surface area contributed by atoms with E-state index >= 15 is 0 Å². The van der Waals surface area contributed by atoms with Gasteiger partial charge in [0.05, 0.1) is 5.69 Å². The minimum atomic E-state index is 0.704. The van der Waals surface area contributed by atoms with Crippen molar-refractivity contribution in [3.05, 3.63) is 64.8 Å². The Kier molecular flexibility index (Phi) is 2.57. The maximum absolute atomic E-state index is 5.98. The van der Waals surface area contributed by atoms with Crippen molar-refractivity contribution in [3.63, 3.8) is 0 Å². The number of hydrogen-bond acceptors (Lipinski definition) is 2. The summed E-state index contributed by atoms with van der Waals surface area (Å²) in [5, 5.41) is 5.79. The molecule has 0 aliphatic carbocycles. The lowest BCUT2D eigenvalue weighted by Gasteiger charge is -1.97. The van der Waals surface area contributed by atoms with E-state index in [1.807, 2.05) is 30.3 Å². The summed E-state index contributed by atoms with van der Waals surface area (Å²) in [5.41, 5.74) is 2.91. The van der Waals surface area contributed by atoms with E-state index in [-0.39, 0.29) is 0 Å². The fourth-order valence-electron chi connectivity index (χ4n) is 1.88. The molecule has 2 nitrogen and oxygen atoms in total. The highest BCUT2D eigenvalue weighted by Crippen LogP contribution is 2.24. The summed E-state index contributed by atoms with van der Waals surface area (Å²) >= 11 is 5.98. The number of hydrogen-bond donors (Lipinski definition) is 0. The zero-order valence-electron chi connectivity index (χ0n) is 9.06. The minimum absolute atomic E-state index is 0.704. The predicted octanol–water partition coefficient (Wildman–Crippen LogP) is 4.07. The first kappa shape index (κ1) is 10.4. The smallest absolute Gasteiger partial charge is 0.167 e. The van der Waals surface area contributed by atoms with E-state index in [9.17, 15) is 0 Å². The van der Waals surface area contributed by atoms with Crippen LogP contribution in [0.4, 0.5) is 0 Å². The Bertz CT molecular complexity index is 646. The molecule has 0 aliphatic heterocycles. The van der Waals surface area contributed by atoms with Crippen LogP contribution in [0.2, 0.25) is 5.02 Å². The molecule has 0 fully saturated rings. The Balaban J connectivity index is 2.03. The molecule has 1 heterocycles. The van der Waals surface area contributed by atoms with Crippen molar-refractivity contribution in [1.29, 1.82) is 0 Å². The minimum Gasteiger partial charge on any atom is -0.356 e. The fourth-order valence-corrected chi connectivity index (χ4v) is 2.05. The monoisotopic (exact) mass is 243 g/mol. The fraction of sp³-hybridized carbons (Fsp3) is 0.0714. The molecule has 0 radical (unpaired) electrons. The maximum Gasteiger partial charge on any atom is 0.167 e. The molecule has 0 saturated carbocycles. The standard InChI is InChI=1S/C14H10ClNO/c15-11-6-7-14-12(9-11)13(16-17-14)8-10-4-2-1-3-5-10/h1-7,9H,8H2. The number of nitrogens with zero attached hydrogens (tertiary/aromatic N) is 1. The summed E-state index contributed by atoms with van der Waals surface area (Å²) in [6, 6.07) is 15.7. The molecule has 0 amide bonds.